The van der Waals surface area contributed by atoms with E-state index in [1.54, 1.807) is 0 Å². The van der Waals surface area contributed by atoms with Crippen molar-refractivity contribution in [3.63, 3.8) is 0 Å². The summed E-state index contributed by atoms with van der Waals surface area (Å²) in [6, 6.07) is 15.1. The molecule has 88 valence electrons. The largest absolute Gasteiger partial charge is 0.392 e. The zero-order valence-electron chi connectivity index (χ0n) is 9.43. The van der Waals surface area contributed by atoms with Gasteiger partial charge in [0.05, 0.1) is 13.2 Å². The number of benzene rings is 2. The number of rotatable bonds is 4. The predicted molar refractivity (Wildman–Crippen MR) is 68.0 cm³/mol. The Labute approximate surface area is 100 Å². The predicted octanol–water partition coefficient (Wildman–Crippen LogP) is 2.41. The molecule has 0 aromatic heterocycles. The highest BCUT2D eigenvalue weighted by Crippen LogP contribution is 2.23. The van der Waals surface area contributed by atoms with Gasteiger partial charge in [-0.15, -0.1) is 0 Å². The van der Waals surface area contributed by atoms with Crippen molar-refractivity contribution in [3.8, 4) is 0 Å². The first-order chi connectivity index (χ1) is 8.35. The van der Waals surface area contributed by atoms with E-state index in [0.29, 0.717) is 0 Å². The molecule has 0 heterocycles. The minimum absolute atomic E-state index is 0.00946. The zero-order chi connectivity index (χ0) is 12.1. The molecule has 3 N–H and O–H groups in total. The summed E-state index contributed by atoms with van der Waals surface area (Å²) in [4.78, 5) is 0. The van der Waals surface area contributed by atoms with Gasteiger partial charge >= 0.3 is 0 Å². The van der Waals surface area contributed by atoms with Crippen LogP contribution in [0.5, 0.6) is 0 Å². The van der Waals surface area contributed by atoms with Crippen molar-refractivity contribution >= 4 is 11.4 Å². The lowest BCUT2D eigenvalue weighted by Crippen LogP contribution is -1.99. The van der Waals surface area contributed by atoms with Crippen molar-refractivity contribution < 1.29 is 10.2 Å². The zero-order valence-corrected chi connectivity index (χ0v) is 9.43. The molecule has 0 aliphatic carbocycles. The van der Waals surface area contributed by atoms with Gasteiger partial charge < -0.3 is 15.5 Å². The molecule has 0 fully saturated rings. The lowest BCUT2D eigenvalue weighted by Gasteiger charge is -2.13. The Kier molecular flexibility index (Phi) is 3.75. The topological polar surface area (TPSA) is 52.5 Å². The van der Waals surface area contributed by atoms with E-state index < -0.39 is 0 Å². The van der Waals surface area contributed by atoms with Gasteiger partial charge in [0.2, 0.25) is 0 Å². The summed E-state index contributed by atoms with van der Waals surface area (Å²) in [6.45, 7) is -0.0189. The van der Waals surface area contributed by atoms with Gasteiger partial charge in [-0.1, -0.05) is 36.4 Å². The SMILES string of the molecule is OCc1ccccc1Nc1ccccc1CO. The molecule has 0 bridgehead atoms. The summed E-state index contributed by atoms with van der Waals surface area (Å²) in [5.41, 5.74) is 3.38. The van der Waals surface area contributed by atoms with Crippen molar-refractivity contribution in [2.75, 3.05) is 5.32 Å². The van der Waals surface area contributed by atoms with E-state index in [9.17, 15) is 10.2 Å². The Hall–Kier alpha value is -1.84. The Morgan fingerprint density at radius 3 is 1.53 bits per heavy atom. The number of para-hydroxylation sites is 2. The van der Waals surface area contributed by atoms with Crippen LogP contribution in [0.25, 0.3) is 0 Å². The average molecular weight is 229 g/mol. The van der Waals surface area contributed by atoms with Crippen molar-refractivity contribution in [3.05, 3.63) is 59.7 Å². The number of hydrogen-bond acceptors (Lipinski definition) is 3. The van der Waals surface area contributed by atoms with Crippen molar-refractivity contribution in [2.24, 2.45) is 0 Å². The Morgan fingerprint density at radius 1 is 0.706 bits per heavy atom. The van der Waals surface area contributed by atoms with Crippen LogP contribution in [0.2, 0.25) is 0 Å². The van der Waals surface area contributed by atoms with Gasteiger partial charge in [0.15, 0.2) is 0 Å². The minimum Gasteiger partial charge on any atom is -0.392 e. The van der Waals surface area contributed by atoms with Crippen LogP contribution in [-0.2, 0) is 13.2 Å². The third-order valence-corrected chi connectivity index (χ3v) is 2.64. The van der Waals surface area contributed by atoms with Crippen LogP contribution >= 0.6 is 0 Å². The molecule has 3 heteroatoms. The van der Waals surface area contributed by atoms with Gasteiger partial charge in [-0.3, -0.25) is 0 Å². The number of aliphatic hydroxyl groups is 2. The molecule has 0 amide bonds. The first-order valence-corrected chi connectivity index (χ1v) is 5.49. The third-order valence-electron chi connectivity index (χ3n) is 2.64. The van der Waals surface area contributed by atoms with Gasteiger partial charge in [0.1, 0.15) is 0 Å². The Morgan fingerprint density at radius 2 is 1.12 bits per heavy atom. The number of anilines is 2. The summed E-state index contributed by atoms with van der Waals surface area (Å²) < 4.78 is 0. The molecular formula is C14H15NO2. The first-order valence-electron chi connectivity index (χ1n) is 5.49. The molecule has 0 saturated heterocycles. The van der Waals surface area contributed by atoms with Crippen molar-refractivity contribution in [1.82, 2.24) is 0 Å². The third kappa shape index (κ3) is 2.64. The maximum Gasteiger partial charge on any atom is 0.0702 e. The van der Waals surface area contributed by atoms with Crippen LogP contribution in [0.15, 0.2) is 48.5 Å². The molecule has 2 aromatic carbocycles. The second-order valence-corrected chi connectivity index (χ2v) is 3.76. The number of aliphatic hydroxyl groups excluding tert-OH is 2. The van der Waals surface area contributed by atoms with E-state index in [1.165, 1.54) is 0 Å². The summed E-state index contributed by atoms with van der Waals surface area (Å²) in [6.07, 6.45) is 0. The standard InChI is InChI=1S/C14H15NO2/c16-9-11-5-1-3-7-13(11)15-14-8-4-2-6-12(14)10-17/h1-8,15-17H,9-10H2. The summed E-state index contributed by atoms with van der Waals surface area (Å²) in [5, 5.41) is 21.7. The van der Waals surface area contributed by atoms with Crippen LogP contribution in [-0.4, -0.2) is 10.2 Å². The second kappa shape index (κ2) is 5.48. The van der Waals surface area contributed by atoms with E-state index in [0.717, 1.165) is 22.5 Å². The fourth-order valence-electron chi connectivity index (χ4n) is 1.71. The van der Waals surface area contributed by atoms with E-state index >= 15 is 0 Å². The van der Waals surface area contributed by atoms with Gasteiger partial charge in [-0.05, 0) is 12.1 Å². The van der Waals surface area contributed by atoms with E-state index in [1.807, 2.05) is 48.5 Å². The lowest BCUT2D eigenvalue weighted by atomic mass is 10.1. The minimum atomic E-state index is -0.00946. The van der Waals surface area contributed by atoms with E-state index in [4.69, 9.17) is 0 Å². The molecule has 0 radical (unpaired) electrons. The fraction of sp³-hybridized carbons (Fsp3) is 0.143. The molecule has 0 saturated carbocycles. The Balaban J connectivity index is 2.31. The summed E-state index contributed by atoms with van der Waals surface area (Å²) in [7, 11) is 0. The quantitative estimate of drug-likeness (QED) is 0.754. The van der Waals surface area contributed by atoms with E-state index in [-0.39, 0.29) is 13.2 Å². The maximum absolute atomic E-state index is 9.23. The molecule has 0 atom stereocenters. The van der Waals surface area contributed by atoms with Crippen molar-refractivity contribution in [1.29, 1.82) is 0 Å². The van der Waals surface area contributed by atoms with Gasteiger partial charge in [0, 0.05) is 22.5 Å². The highest BCUT2D eigenvalue weighted by molar-refractivity contribution is 5.65. The summed E-state index contributed by atoms with van der Waals surface area (Å²) in [5.74, 6) is 0. The molecule has 2 aromatic rings. The first kappa shape index (κ1) is 11.6. The number of hydrogen-bond donors (Lipinski definition) is 3. The smallest absolute Gasteiger partial charge is 0.0702 e. The van der Waals surface area contributed by atoms with E-state index in [2.05, 4.69) is 5.32 Å². The maximum atomic E-state index is 9.23. The normalized spacial score (nSPS) is 10.2. The van der Waals surface area contributed by atoms with Crippen LogP contribution in [0.1, 0.15) is 11.1 Å². The van der Waals surface area contributed by atoms with Crippen molar-refractivity contribution in [2.45, 2.75) is 13.2 Å². The van der Waals surface area contributed by atoms with Gasteiger partial charge in [0.25, 0.3) is 0 Å². The number of nitrogens with one attached hydrogen (secondary N) is 1. The van der Waals surface area contributed by atoms with Crippen LogP contribution in [0.3, 0.4) is 0 Å². The molecule has 3 nitrogen and oxygen atoms in total. The van der Waals surface area contributed by atoms with Crippen LogP contribution < -0.4 is 5.32 Å². The van der Waals surface area contributed by atoms with Gasteiger partial charge in [-0.2, -0.15) is 0 Å². The Bertz CT molecular complexity index is 452. The highest BCUT2D eigenvalue weighted by Gasteiger charge is 2.03. The summed E-state index contributed by atoms with van der Waals surface area (Å²) >= 11 is 0. The average Bonchev–Trinajstić information content (AvgIpc) is 2.40. The lowest BCUT2D eigenvalue weighted by molar-refractivity contribution is 0.282. The molecule has 17 heavy (non-hydrogen) atoms. The monoisotopic (exact) mass is 229 g/mol. The van der Waals surface area contributed by atoms with Gasteiger partial charge in [-0.25, -0.2) is 0 Å². The van der Waals surface area contributed by atoms with Crippen LogP contribution in [0.4, 0.5) is 11.4 Å². The highest BCUT2D eigenvalue weighted by atomic mass is 16.3. The second-order valence-electron chi connectivity index (χ2n) is 3.76. The molecular weight excluding hydrogens is 214 g/mol. The fourth-order valence-corrected chi connectivity index (χ4v) is 1.71. The van der Waals surface area contributed by atoms with Crippen LogP contribution in [0, 0.1) is 0 Å². The molecule has 2 rings (SSSR count). The molecule has 0 aliphatic heterocycles. The molecule has 0 aliphatic rings. The molecule has 0 spiro atoms. The molecule has 0 unspecified atom stereocenters.